The van der Waals surface area contributed by atoms with Crippen molar-refractivity contribution in [1.29, 1.82) is 0 Å². The standard InChI is InChI=1S/C19H23ClN4O3/c1-4-23(13-12-22(2)3)17-7-5-6-16(18(17)24(26)27)19(25)21-15-10-8-14(20)9-11-15/h5-11H,4,12-13H2,1-3H3,(H,21,25). The van der Waals surface area contributed by atoms with Crippen molar-refractivity contribution >= 4 is 34.6 Å². The van der Waals surface area contributed by atoms with Gasteiger partial charge < -0.3 is 15.1 Å². The lowest BCUT2D eigenvalue weighted by atomic mass is 10.1. The van der Waals surface area contributed by atoms with Gasteiger partial charge in [-0.05, 0) is 57.4 Å². The van der Waals surface area contributed by atoms with Crippen LogP contribution in [0.4, 0.5) is 17.1 Å². The van der Waals surface area contributed by atoms with E-state index in [-0.39, 0.29) is 11.3 Å². The lowest BCUT2D eigenvalue weighted by molar-refractivity contribution is -0.384. The fourth-order valence-corrected chi connectivity index (χ4v) is 2.79. The molecule has 0 aromatic heterocycles. The highest BCUT2D eigenvalue weighted by molar-refractivity contribution is 6.30. The lowest BCUT2D eigenvalue weighted by Crippen LogP contribution is -2.32. The first-order valence-electron chi connectivity index (χ1n) is 8.57. The largest absolute Gasteiger partial charge is 0.365 e. The first-order valence-corrected chi connectivity index (χ1v) is 8.95. The maximum Gasteiger partial charge on any atom is 0.305 e. The number of nitrogens with one attached hydrogen (secondary N) is 1. The predicted molar refractivity (Wildman–Crippen MR) is 109 cm³/mol. The molecule has 0 fully saturated rings. The third-order valence-corrected chi connectivity index (χ3v) is 4.34. The molecular formula is C19H23ClN4O3. The van der Waals surface area contributed by atoms with Crippen LogP contribution in [0.5, 0.6) is 0 Å². The van der Waals surface area contributed by atoms with E-state index < -0.39 is 10.8 Å². The Balaban J connectivity index is 2.37. The Morgan fingerprint density at radius 3 is 2.37 bits per heavy atom. The van der Waals surface area contributed by atoms with Gasteiger partial charge in [0.05, 0.1) is 4.92 Å². The molecule has 0 spiro atoms. The van der Waals surface area contributed by atoms with Gasteiger partial charge in [0, 0.05) is 30.3 Å². The molecule has 0 radical (unpaired) electrons. The second-order valence-electron chi connectivity index (χ2n) is 6.27. The molecule has 1 amide bonds. The monoisotopic (exact) mass is 390 g/mol. The van der Waals surface area contributed by atoms with Gasteiger partial charge in [-0.3, -0.25) is 14.9 Å². The van der Waals surface area contributed by atoms with Crippen molar-refractivity contribution in [3.63, 3.8) is 0 Å². The summed E-state index contributed by atoms with van der Waals surface area (Å²) in [4.78, 5) is 27.9. The summed E-state index contributed by atoms with van der Waals surface area (Å²) in [5.41, 5.74) is 0.789. The number of para-hydroxylation sites is 1. The molecule has 27 heavy (non-hydrogen) atoms. The first-order chi connectivity index (χ1) is 12.8. The van der Waals surface area contributed by atoms with Crippen molar-refractivity contribution in [3.05, 3.63) is 63.2 Å². The molecule has 2 rings (SSSR count). The van der Waals surface area contributed by atoms with Gasteiger partial charge in [0.2, 0.25) is 0 Å². The highest BCUT2D eigenvalue weighted by Crippen LogP contribution is 2.32. The van der Waals surface area contributed by atoms with Crippen molar-refractivity contribution in [1.82, 2.24) is 4.90 Å². The molecule has 0 saturated carbocycles. The first kappa shape index (κ1) is 20.7. The molecule has 0 aliphatic carbocycles. The molecule has 0 atom stereocenters. The fourth-order valence-electron chi connectivity index (χ4n) is 2.66. The molecule has 1 N–H and O–H groups in total. The minimum Gasteiger partial charge on any atom is -0.365 e. The van der Waals surface area contributed by atoms with Gasteiger partial charge in [0.15, 0.2) is 0 Å². The third-order valence-electron chi connectivity index (χ3n) is 4.08. The van der Waals surface area contributed by atoms with Crippen LogP contribution in [-0.2, 0) is 0 Å². The predicted octanol–water partition coefficient (Wildman–Crippen LogP) is 3.89. The minimum atomic E-state index is -0.533. The lowest BCUT2D eigenvalue weighted by Gasteiger charge is -2.25. The Bertz CT molecular complexity index is 809. The van der Waals surface area contributed by atoms with Crippen LogP contribution in [0.2, 0.25) is 5.02 Å². The van der Waals surface area contributed by atoms with Crippen LogP contribution in [-0.4, -0.2) is 49.5 Å². The fraction of sp³-hybridized carbons (Fsp3) is 0.316. The van der Waals surface area contributed by atoms with E-state index in [0.717, 1.165) is 6.54 Å². The molecule has 0 saturated heterocycles. The van der Waals surface area contributed by atoms with Crippen LogP contribution >= 0.6 is 11.6 Å². The van der Waals surface area contributed by atoms with E-state index in [1.165, 1.54) is 6.07 Å². The van der Waals surface area contributed by atoms with Crippen molar-refractivity contribution in [3.8, 4) is 0 Å². The molecule has 0 heterocycles. The molecule has 8 heteroatoms. The molecule has 144 valence electrons. The van der Waals surface area contributed by atoms with E-state index in [2.05, 4.69) is 5.32 Å². The van der Waals surface area contributed by atoms with Crippen LogP contribution in [0, 0.1) is 10.1 Å². The smallest absolute Gasteiger partial charge is 0.305 e. The summed E-state index contributed by atoms with van der Waals surface area (Å²) >= 11 is 5.84. The summed E-state index contributed by atoms with van der Waals surface area (Å²) < 4.78 is 0. The van der Waals surface area contributed by atoms with E-state index >= 15 is 0 Å². The maximum atomic E-state index is 12.7. The summed E-state index contributed by atoms with van der Waals surface area (Å²) in [6.07, 6.45) is 0. The molecule has 7 nitrogen and oxygen atoms in total. The summed E-state index contributed by atoms with van der Waals surface area (Å²) in [5, 5.41) is 15.0. The number of carbonyl (C=O) groups is 1. The van der Waals surface area contributed by atoms with Gasteiger partial charge in [-0.2, -0.15) is 0 Å². The molecule has 0 unspecified atom stereocenters. The molecule has 0 aliphatic rings. The Kier molecular flexibility index (Phi) is 7.15. The summed E-state index contributed by atoms with van der Waals surface area (Å²) in [6, 6.07) is 11.4. The zero-order valence-corrected chi connectivity index (χ0v) is 16.4. The highest BCUT2D eigenvalue weighted by Gasteiger charge is 2.27. The van der Waals surface area contributed by atoms with Gasteiger partial charge >= 0.3 is 5.69 Å². The highest BCUT2D eigenvalue weighted by atomic mass is 35.5. The number of hydrogen-bond acceptors (Lipinski definition) is 5. The van der Waals surface area contributed by atoms with Crippen molar-refractivity contribution in [2.45, 2.75) is 6.92 Å². The van der Waals surface area contributed by atoms with Crippen LogP contribution in [0.3, 0.4) is 0 Å². The molecule has 2 aromatic rings. The van der Waals surface area contributed by atoms with Crippen LogP contribution < -0.4 is 10.2 Å². The quantitative estimate of drug-likeness (QED) is 0.546. The average molecular weight is 391 g/mol. The summed E-state index contributed by atoms with van der Waals surface area (Å²) in [6.45, 7) is 3.88. The van der Waals surface area contributed by atoms with Gasteiger partial charge in [-0.1, -0.05) is 17.7 Å². The second kappa shape index (κ2) is 9.34. The molecule has 0 bridgehead atoms. The van der Waals surface area contributed by atoms with E-state index in [1.807, 2.05) is 30.8 Å². The normalized spacial score (nSPS) is 10.7. The number of rotatable bonds is 8. The number of carbonyl (C=O) groups excluding carboxylic acids is 1. The van der Waals surface area contributed by atoms with E-state index in [9.17, 15) is 14.9 Å². The summed E-state index contributed by atoms with van der Waals surface area (Å²) in [5.74, 6) is -0.533. The van der Waals surface area contributed by atoms with E-state index in [1.54, 1.807) is 36.4 Å². The molecule has 2 aromatic carbocycles. The number of nitro benzene ring substituents is 1. The van der Waals surface area contributed by atoms with E-state index in [0.29, 0.717) is 29.5 Å². The Morgan fingerprint density at radius 2 is 1.81 bits per heavy atom. The molecular weight excluding hydrogens is 368 g/mol. The number of anilines is 2. The second-order valence-corrected chi connectivity index (χ2v) is 6.71. The van der Waals surface area contributed by atoms with Crippen LogP contribution in [0.25, 0.3) is 0 Å². The zero-order valence-electron chi connectivity index (χ0n) is 15.6. The Hall–Kier alpha value is -2.64. The van der Waals surface area contributed by atoms with Crippen molar-refractivity contribution in [2.24, 2.45) is 0 Å². The van der Waals surface area contributed by atoms with Gasteiger partial charge in [-0.15, -0.1) is 0 Å². The zero-order chi connectivity index (χ0) is 20.0. The number of likely N-dealkylation sites (N-methyl/N-ethyl adjacent to an activating group) is 2. The van der Waals surface area contributed by atoms with Gasteiger partial charge in [0.25, 0.3) is 5.91 Å². The number of amides is 1. The van der Waals surface area contributed by atoms with Crippen LogP contribution in [0.15, 0.2) is 42.5 Å². The number of benzene rings is 2. The van der Waals surface area contributed by atoms with Crippen molar-refractivity contribution in [2.75, 3.05) is 43.9 Å². The van der Waals surface area contributed by atoms with E-state index in [4.69, 9.17) is 11.6 Å². The van der Waals surface area contributed by atoms with Crippen molar-refractivity contribution < 1.29 is 9.72 Å². The molecule has 0 aliphatic heterocycles. The Labute approximate surface area is 163 Å². The average Bonchev–Trinajstić information content (AvgIpc) is 2.63. The third kappa shape index (κ3) is 5.42. The topological polar surface area (TPSA) is 78.7 Å². The SMILES string of the molecule is CCN(CCN(C)C)c1cccc(C(=O)Nc2ccc(Cl)cc2)c1[N+](=O)[O-]. The number of halogens is 1. The van der Waals surface area contributed by atoms with Gasteiger partial charge in [-0.25, -0.2) is 0 Å². The summed E-state index contributed by atoms with van der Waals surface area (Å²) in [7, 11) is 3.89. The number of hydrogen-bond donors (Lipinski definition) is 1. The Morgan fingerprint density at radius 1 is 1.15 bits per heavy atom. The maximum absolute atomic E-state index is 12.7. The number of nitrogens with zero attached hydrogens (tertiary/aromatic N) is 3. The van der Waals surface area contributed by atoms with Crippen LogP contribution in [0.1, 0.15) is 17.3 Å². The minimum absolute atomic E-state index is 0.0238. The number of nitro groups is 1. The van der Waals surface area contributed by atoms with Gasteiger partial charge in [0.1, 0.15) is 11.3 Å².